The van der Waals surface area contributed by atoms with Gasteiger partial charge in [0.05, 0.1) is 0 Å². The number of allylic oxidation sites excluding steroid dienone is 6. The quantitative estimate of drug-likeness (QED) is 0.731. The second-order valence-electron chi connectivity index (χ2n) is 7.60. The van der Waals surface area contributed by atoms with Crippen molar-refractivity contribution in [2.45, 2.75) is 25.7 Å². The molecular weight excluding hydrogens is 292 g/mol. The number of aromatic hydroxyl groups is 1. The lowest BCUT2D eigenvalue weighted by atomic mass is 9.77. The first-order valence-corrected chi connectivity index (χ1v) is 9.13. The molecule has 1 aromatic rings. The molecule has 0 saturated heterocycles. The van der Waals surface area contributed by atoms with Gasteiger partial charge in [-0.05, 0) is 72.0 Å². The zero-order valence-electron chi connectivity index (χ0n) is 14.2. The maximum atomic E-state index is 10.5. The number of hydrogen-bond donors (Lipinski definition) is 1. The van der Waals surface area contributed by atoms with Crippen molar-refractivity contribution in [3.63, 3.8) is 0 Å². The van der Waals surface area contributed by atoms with Gasteiger partial charge in [-0.15, -0.1) is 13.2 Å². The summed E-state index contributed by atoms with van der Waals surface area (Å²) < 4.78 is 0. The molecule has 0 spiro atoms. The molecule has 1 heteroatoms. The molecule has 0 heterocycles. The lowest BCUT2D eigenvalue weighted by Gasteiger charge is -2.26. The Bertz CT molecular complexity index is 693. The highest BCUT2D eigenvalue weighted by Crippen LogP contribution is 2.55. The number of hydrogen-bond acceptors (Lipinski definition) is 1. The van der Waals surface area contributed by atoms with Crippen molar-refractivity contribution < 1.29 is 5.11 Å². The molecule has 2 bridgehead atoms. The van der Waals surface area contributed by atoms with Crippen LogP contribution in [0.15, 0.2) is 61.7 Å². The van der Waals surface area contributed by atoms with Gasteiger partial charge < -0.3 is 5.11 Å². The lowest BCUT2D eigenvalue weighted by molar-refractivity contribution is 0.308. The van der Waals surface area contributed by atoms with Gasteiger partial charge >= 0.3 is 0 Å². The summed E-state index contributed by atoms with van der Waals surface area (Å²) >= 11 is 0. The molecule has 0 aromatic heterocycles. The second kappa shape index (κ2) is 6.12. The normalized spacial score (nSPS) is 32.2. The molecule has 0 amide bonds. The molecule has 5 unspecified atom stereocenters. The highest BCUT2D eigenvalue weighted by Gasteiger charge is 2.48. The maximum absolute atomic E-state index is 10.5. The molecule has 1 N–H and O–H groups in total. The Hall–Kier alpha value is -2.02. The smallest absolute Gasteiger partial charge is 0.122 e. The highest BCUT2D eigenvalue weighted by molar-refractivity contribution is 5.46. The predicted octanol–water partition coefficient (Wildman–Crippen LogP) is 5.02. The van der Waals surface area contributed by atoms with Gasteiger partial charge in [0.25, 0.3) is 0 Å². The number of rotatable bonds is 6. The van der Waals surface area contributed by atoms with E-state index in [1.807, 2.05) is 12.2 Å². The fourth-order valence-corrected chi connectivity index (χ4v) is 5.22. The first-order valence-electron chi connectivity index (χ1n) is 9.13. The standard InChI is InChI=1S/C23H26O/c1-3-5-19-12-15(13-20(6-4-2)23(19)24)11-17-9-10-21-16-7-8-18(14-16)22(17)21/h3-4,7-10,12-13,16-18,21-22,24H,1-2,5-6,11,14H2. The maximum Gasteiger partial charge on any atom is 0.122 e. The molecule has 3 aliphatic rings. The molecule has 4 rings (SSSR count). The van der Waals surface area contributed by atoms with E-state index in [0.29, 0.717) is 24.5 Å². The number of fused-ring (bicyclic) bond motifs is 5. The molecule has 1 nitrogen and oxygen atoms in total. The Morgan fingerprint density at radius 2 is 1.62 bits per heavy atom. The number of phenols is 1. The summed E-state index contributed by atoms with van der Waals surface area (Å²) in [5.74, 6) is 4.17. The van der Waals surface area contributed by atoms with E-state index in [1.54, 1.807) is 0 Å². The molecule has 124 valence electrons. The van der Waals surface area contributed by atoms with Gasteiger partial charge in [-0.1, -0.05) is 48.6 Å². The predicted molar refractivity (Wildman–Crippen MR) is 100.0 cm³/mol. The van der Waals surface area contributed by atoms with Crippen LogP contribution in [0.4, 0.5) is 0 Å². The van der Waals surface area contributed by atoms with Crippen molar-refractivity contribution in [1.29, 1.82) is 0 Å². The van der Waals surface area contributed by atoms with E-state index in [2.05, 4.69) is 49.6 Å². The second-order valence-corrected chi connectivity index (χ2v) is 7.60. The van der Waals surface area contributed by atoms with Crippen LogP contribution in [0, 0.1) is 29.6 Å². The van der Waals surface area contributed by atoms with Gasteiger partial charge in [0.2, 0.25) is 0 Å². The zero-order chi connectivity index (χ0) is 16.7. The summed E-state index contributed by atoms with van der Waals surface area (Å²) in [6.45, 7) is 7.65. The summed E-state index contributed by atoms with van der Waals surface area (Å²) in [4.78, 5) is 0. The van der Waals surface area contributed by atoms with Gasteiger partial charge in [0.15, 0.2) is 0 Å². The third-order valence-electron chi connectivity index (χ3n) is 6.19. The molecule has 1 saturated carbocycles. The topological polar surface area (TPSA) is 20.2 Å². The van der Waals surface area contributed by atoms with Crippen molar-refractivity contribution in [3.8, 4) is 5.75 Å². The Morgan fingerprint density at radius 1 is 0.958 bits per heavy atom. The van der Waals surface area contributed by atoms with Crippen LogP contribution in [-0.4, -0.2) is 5.11 Å². The van der Waals surface area contributed by atoms with Crippen molar-refractivity contribution in [2.75, 3.05) is 0 Å². The van der Waals surface area contributed by atoms with E-state index in [4.69, 9.17) is 0 Å². The van der Waals surface area contributed by atoms with Crippen molar-refractivity contribution >= 4 is 0 Å². The van der Waals surface area contributed by atoms with E-state index in [0.717, 1.165) is 41.2 Å². The molecule has 0 aliphatic heterocycles. The average molecular weight is 318 g/mol. The van der Waals surface area contributed by atoms with Gasteiger partial charge in [-0.3, -0.25) is 0 Å². The Kier molecular flexibility index (Phi) is 3.96. The lowest BCUT2D eigenvalue weighted by Crippen LogP contribution is -2.22. The molecule has 0 radical (unpaired) electrons. The van der Waals surface area contributed by atoms with Crippen molar-refractivity contribution in [3.05, 3.63) is 78.4 Å². The summed E-state index contributed by atoms with van der Waals surface area (Å²) in [6.07, 6.45) is 17.4. The van der Waals surface area contributed by atoms with E-state index in [1.165, 1.54) is 12.0 Å². The van der Waals surface area contributed by atoms with Crippen LogP contribution in [0.2, 0.25) is 0 Å². The van der Waals surface area contributed by atoms with Gasteiger partial charge in [-0.2, -0.15) is 0 Å². The van der Waals surface area contributed by atoms with Crippen LogP contribution in [0.25, 0.3) is 0 Å². The van der Waals surface area contributed by atoms with E-state index in [9.17, 15) is 5.11 Å². The first-order chi connectivity index (χ1) is 11.7. The number of phenolic OH excluding ortho intramolecular Hbond substituents is 1. The molecule has 5 atom stereocenters. The Labute approximate surface area is 145 Å². The van der Waals surface area contributed by atoms with E-state index >= 15 is 0 Å². The minimum Gasteiger partial charge on any atom is -0.507 e. The van der Waals surface area contributed by atoms with Crippen LogP contribution in [0.1, 0.15) is 23.1 Å². The largest absolute Gasteiger partial charge is 0.507 e. The van der Waals surface area contributed by atoms with Crippen molar-refractivity contribution in [1.82, 2.24) is 0 Å². The summed E-state index contributed by atoms with van der Waals surface area (Å²) in [6, 6.07) is 4.35. The minimum absolute atomic E-state index is 0.418. The summed E-state index contributed by atoms with van der Waals surface area (Å²) in [5.41, 5.74) is 3.32. The van der Waals surface area contributed by atoms with Crippen molar-refractivity contribution in [2.24, 2.45) is 29.6 Å². The molecular formula is C23H26O. The van der Waals surface area contributed by atoms with Crippen LogP contribution in [0.3, 0.4) is 0 Å². The van der Waals surface area contributed by atoms with E-state index in [-0.39, 0.29) is 0 Å². The average Bonchev–Trinajstić information content (AvgIpc) is 3.26. The fourth-order valence-electron chi connectivity index (χ4n) is 5.22. The van der Waals surface area contributed by atoms with Gasteiger partial charge in [0.1, 0.15) is 5.75 Å². The SMILES string of the molecule is C=CCc1cc(CC2C=CC3C4C=CC(C4)C23)cc(CC=C)c1O. The summed E-state index contributed by atoms with van der Waals surface area (Å²) in [5, 5.41) is 10.5. The minimum atomic E-state index is 0.418. The molecule has 3 aliphatic carbocycles. The third kappa shape index (κ3) is 2.47. The Balaban J connectivity index is 1.60. The van der Waals surface area contributed by atoms with Crippen LogP contribution in [-0.2, 0) is 19.3 Å². The highest BCUT2D eigenvalue weighted by atomic mass is 16.3. The molecule has 1 aromatic carbocycles. The van der Waals surface area contributed by atoms with Crippen LogP contribution in [0.5, 0.6) is 5.75 Å². The third-order valence-corrected chi connectivity index (χ3v) is 6.19. The fraction of sp³-hybridized carbons (Fsp3) is 0.391. The van der Waals surface area contributed by atoms with Crippen LogP contribution >= 0.6 is 0 Å². The number of benzene rings is 1. The zero-order valence-corrected chi connectivity index (χ0v) is 14.2. The first kappa shape index (κ1) is 15.5. The van der Waals surface area contributed by atoms with Crippen LogP contribution < -0.4 is 0 Å². The molecule has 1 fully saturated rings. The molecule has 24 heavy (non-hydrogen) atoms. The van der Waals surface area contributed by atoms with Gasteiger partial charge in [0, 0.05) is 0 Å². The summed E-state index contributed by atoms with van der Waals surface area (Å²) in [7, 11) is 0. The Morgan fingerprint density at radius 3 is 2.29 bits per heavy atom. The monoisotopic (exact) mass is 318 g/mol. The van der Waals surface area contributed by atoms with E-state index < -0.39 is 0 Å². The van der Waals surface area contributed by atoms with Gasteiger partial charge in [-0.25, -0.2) is 0 Å².